The Morgan fingerprint density at radius 2 is 1.60 bits per heavy atom. The van der Waals surface area contributed by atoms with Crippen LogP contribution in [0.25, 0.3) is 0 Å². The van der Waals surface area contributed by atoms with Gasteiger partial charge in [-0.2, -0.15) is 5.26 Å². The number of phenolic OH excluding ortho intramolecular Hbond substituents is 1. The van der Waals surface area contributed by atoms with Gasteiger partial charge in [0.05, 0.1) is 17.7 Å². The Labute approximate surface area is 182 Å². The van der Waals surface area contributed by atoms with E-state index in [2.05, 4.69) is 70.7 Å². The van der Waals surface area contributed by atoms with E-state index in [-0.39, 0.29) is 16.9 Å². The third kappa shape index (κ3) is 4.71. The van der Waals surface area contributed by atoms with E-state index in [4.69, 9.17) is 0 Å². The van der Waals surface area contributed by atoms with Gasteiger partial charge in [-0.3, -0.25) is 4.90 Å². The third-order valence-corrected chi connectivity index (χ3v) is 6.20. The lowest BCUT2D eigenvalue weighted by atomic mass is 9.77. The fourth-order valence-corrected chi connectivity index (χ4v) is 4.41. The third-order valence-electron chi connectivity index (χ3n) is 6.20. The smallest absolute Gasteiger partial charge is 0.124 e. The monoisotopic (exact) mass is 404 g/mol. The van der Waals surface area contributed by atoms with Crippen LogP contribution in [0.2, 0.25) is 0 Å². The van der Waals surface area contributed by atoms with Gasteiger partial charge in [-0.25, -0.2) is 0 Å². The molecule has 2 aromatic rings. The Morgan fingerprint density at radius 3 is 2.17 bits per heavy atom. The molecule has 1 fully saturated rings. The van der Waals surface area contributed by atoms with Gasteiger partial charge < -0.3 is 5.11 Å². The average Bonchev–Trinajstić information content (AvgIpc) is 2.68. The predicted octanol–water partition coefficient (Wildman–Crippen LogP) is 6.43. The summed E-state index contributed by atoms with van der Waals surface area (Å²) in [4.78, 5) is 2.48. The van der Waals surface area contributed by atoms with Gasteiger partial charge in [0.25, 0.3) is 0 Å². The maximum atomic E-state index is 11.5. The van der Waals surface area contributed by atoms with Crippen molar-refractivity contribution >= 4 is 0 Å². The fourth-order valence-electron chi connectivity index (χ4n) is 4.41. The summed E-state index contributed by atoms with van der Waals surface area (Å²) in [5.74, 6) is 0.397. The molecule has 1 heterocycles. The van der Waals surface area contributed by atoms with Crippen LogP contribution in [0.5, 0.6) is 5.75 Å². The minimum atomic E-state index is -0.166. The molecule has 0 radical (unpaired) electrons. The Morgan fingerprint density at radius 1 is 0.933 bits per heavy atom. The van der Waals surface area contributed by atoms with Crippen LogP contribution in [-0.4, -0.2) is 23.1 Å². The molecule has 1 N–H and O–H groups in total. The highest BCUT2D eigenvalue weighted by molar-refractivity contribution is 5.53. The number of benzene rings is 2. The van der Waals surface area contributed by atoms with Gasteiger partial charge in [-0.05, 0) is 71.7 Å². The zero-order valence-electron chi connectivity index (χ0n) is 19.4. The van der Waals surface area contributed by atoms with Crippen LogP contribution >= 0.6 is 0 Å². The van der Waals surface area contributed by atoms with Gasteiger partial charge in [-0.15, -0.1) is 0 Å². The van der Waals surface area contributed by atoms with Crippen molar-refractivity contribution in [2.75, 3.05) is 13.1 Å². The Kier molecular flexibility index (Phi) is 6.29. The molecular formula is C27H36N2O. The van der Waals surface area contributed by atoms with Crippen LogP contribution in [-0.2, 0) is 10.8 Å². The first-order valence-corrected chi connectivity index (χ1v) is 11.1. The Balaban J connectivity index is 2.27. The highest BCUT2D eigenvalue weighted by Crippen LogP contribution is 2.43. The second kappa shape index (κ2) is 8.44. The van der Waals surface area contributed by atoms with Crippen LogP contribution in [0, 0.1) is 11.3 Å². The van der Waals surface area contributed by atoms with Gasteiger partial charge in [0.1, 0.15) is 5.75 Å². The van der Waals surface area contributed by atoms with Gasteiger partial charge in [0.15, 0.2) is 0 Å². The molecule has 0 bridgehead atoms. The number of phenols is 1. The lowest BCUT2D eigenvalue weighted by Crippen LogP contribution is -2.35. The highest BCUT2D eigenvalue weighted by atomic mass is 16.3. The maximum Gasteiger partial charge on any atom is 0.124 e. The van der Waals surface area contributed by atoms with E-state index in [0.29, 0.717) is 11.3 Å². The lowest BCUT2D eigenvalue weighted by Gasteiger charge is -2.37. The number of rotatable bonds is 3. The van der Waals surface area contributed by atoms with Crippen LogP contribution in [0.3, 0.4) is 0 Å². The second-order valence-electron chi connectivity index (χ2n) is 10.7. The molecule has 3 heteroatoms. The van der Waals surface area contributed by atoms with Gasteiger partial charge in [0.2, 0.25) is 0 Å². The number of likely N-dealkylation sites (tertiary alicyclic amines) is 1. The van der Waals surface area contributed by atoms with E-state index < -0.39 is 0 Å². The molecule has 0 spiro atoms. The van der Waals surface area contributed by atoms with E-state index in [1.165, 1.54) is 24.8 Å². The molecule has 3 nitrogen and oxygen atoms in total. The molecular weight excluding hydrogens is 368 g/mol. The van der Waals surface area contributed by atoms with Crippen molar-refractivity contribution in [3.63, 3.8) is 0 Å². The van der Waals surface area contributed by atoms with Crippen molar-refractivity contribution in [3.8, 4) is 11.8 Å². The zero-order valence-corrected chi connectivity index (χ0v) is 19.4. The second-order valence-corrected chi connectivity index (χ2v) is 10.7. The number of nitrogens with zero attached hydrogens (tertiary/aromatic N) is 2. The molecule has 1 saturated heterocycles. The van der Waals surface area contributed by atoms with Gasteiger partial charge >= 0.3 is 0 Å². The summed E-state index contributed by atoms with van der Waals surface area (Å²) in [5, 5.41) is 21.0. The van der Waals surface area contributed by atoms with Gasteiger partial charge in [-0.1, -0.05) is 66.2 Å². The van der Waals surface area contributed by atoms with Crippen LogP contribution < -0.4 is 0 Å². The molecule has 1 atom stereocenters. The molecule has 0 amide bonds. The first-order valence-electron chi connectivity index (χ1n) is 11.1. The highest BCUT2D eigenvalue weighted by Gasteiger charge is 2.31. The first-order chi connectivity index (χ1) is 14.0. The summed E-state index contributed by atoms with van der Waals surface area (Å²) < 4.78 is 0. The van der Waals surface area contributed by atoms with Crippen molar-refractivity contribution in [1.82, 2.24) is 4.90 Å². The number of hydrogen-bond acceptors (Lipinski definition) is 3. The summed E-state index contributed by atoms with van der Waals surface area (Å²) in [6, 6.07) is 14.5. The van der Waals surface area contributed by atoms with E-state index in [1.54, 1.807) is 0 Å². The summed E-state index contributed by atoms with van der Waals surface area (Å²) in [7, 11) is 0. The topological polar surface area (TPSA) is 47.3 Å². The molecule has 0 aromatic heterocycles. The molecule has 0 aliphatic carbocycles. The van der Waals surface area contributed by atoms with Crippen molar-refractivity contribution in [2.24, 2.45) is 0 Å². The van der Waals surface area contributed by atoms with Crippen LogP contribution in [0.1, 0.15) is 94.7 Å². The molecule has 1 unspecified atom stereocenters. The maximum absolute atomic E-state index is 11.5. The summed E-state index contributed by atoms with van der Waals surface area (Å²) >= 11 is 0. The molecule has 30 heavy (non-hydrogen) atoms. The van der Waals surface area contributed by atoms with Crippen LogP contribution in [0.4, 0.5) is 0 Å². The van der Waals surface area contributed by atoms with Gasteiger partial charge in [0, 0.05) is 5.56 Å². The number of hydrogen-bond donors (Lipinski definition) is 1. The normalized spacial score (nSPS) is 16.8. The molecule has 3 rings (SSSR count). The average molecular weight is 405 g/mol. The molecule has 2 aromatic carbocycles. The van der Waals surface area contributed by atoms with E-state index in [1.807, 2.05) is 18.2 Å². The summed E-state index contributed by atoms with van der Waals surface area (Å²) in [5.41, 5.74) is 4.74. The first kappa shape index (κ1) is 22.4. The lowest BCUT2D eigenvalue weighted by molar-refractivity contribution is 0.184. The fraction of sp³-hybridized carbons (Fsp3) is 0.519. The summed E-state index contributed by atoms with van der Waals surface area (Å²) in [6.07, 6.45) is 3.59. The van der Waals surface area contributed by atoms with Crippen molar-refractivity contribution in [3.05, 3.63) is 64.2 Å². The number of aromatic hydroxyl groups is 1. The Hall–Kier alpha value is -2.31. The summed E-state index contributed by atoms with van der Waals surface area (Å²) in [6.45, 7) is 15.2. The zero-order chi connectivity index (χ0) is 22.1. The van der Waals surface area contributed by atoms with Crippen LogP contribution in [0.15, 0.2) is 36.4 Å². The minimum Gasteiger partial charge on any atom is -0.507 e. The predicted molar refractivity (Wildman–Crippen MR) is 124 cm³/mol. The minimum absolute atomic E-state index is 0.0244. The van der Waals surface area contributed by atoms with Crippen molar-refractivity contribution < 1.29 is 5.11 Å². The molecule has 160 valence electrons. The number of nitriles is 1. The van der Waals surface area contributed by atoms with E-state index in [0.717, 1.165) is 29.8 Å². The van der Waals surface area contributed by atoms with E-state index in [9.17, 15) is 10.4 Å². The quantitative estimate of drug-likeness (QED) is 0.641. The van der Waals surface area contributed by atoms with E-state index >= 15 is 0 Å². The largest absolute Gasteiger partial charge is 0.507 e. The van der Waals surface area contributed by atoms with Crippen molar-refractivity contribution in [2.45, 2.75) is 77.7 Å². The molecule has 0 saturated carbocycles. The number of piperidine rings is 1. The van der Waals surface area contributed by atoms with Crippen molar-refractivity contribution in [1.29, 1.82) is 5.26 Å². The molecule has 1 aliphatic rings. The Bertz CT molecular complexity index is 935. The SMILES string of the molecule is CC(C)(C)c1cc(C(c2cccc(C#N)c2)N2CCCCC2)c(O)c(C(C)(C)C)c1. The molecule has 1 aliphatic heterocycles. The standard InChI is InChI=1S/C27H36N2O/c1-26(2,3)21-16-22(25(30)23(17-21)27(4,5)6)24(29-13-8-7-9-14-29)20-12-10-11-19(15-20)18-28/h10-12,15-17,24,30H,7-9,13-14H2,1-6H3.